The molecule has 2 aromatic carbocycles. The molecule has 0 spiro atoms. The molecular formula is C30H38O6. The van der Waals surface area contributed by atoms with Crippen LogP contribution in [0.1, 0.15) is 103 Å². The molecule has 0 atom stereocenters. The van der Waals surface area contributed by atoms with Crippen LogP contribution in [0, 0.1) is 17.8 Å². The molecular weight excluding hydrogens is 456 g/mol. The van der Waals surface area contributed by atoms with E-state index in [1.54, 1.807) is 18.2 Å². The first-order valence-corrected chi connectivity index (χ1v) is 12.9. The lowest BCUT2D eigenvalue weighted by molar-refractivity contribution is 0.0487. The van der Waals surface area contributed by atoms with Crippen molar-refractivity contribution in [2.24, 2.45) is 17.8 Å². The minimum Gasteiger partial charge on any atom is -0.493 e. The van der Waals surface area contributed by atoms with Crippen molar-refractivity contribution >= 4 is 17.5 Å². The summed E-state index contributed by atoms with van der Waals surface area (Å²) in [7, 11) is 0. The van der Waals surface area contributed by atoms with E-state index in [-0.39, 0.29) is 51.7 Å². The minimum atomic E-state index is -0.538. The molecule has 194 valence electrons. The zero-order valence-corrected chi connectivity index (χ0v) is 22.3. The van der Waals surface area contributed by atoms with Gasteiger partial charge in [0, 0.05) is 11.1 Å². The summed E-state index contributed by atoms with van der Waals surface area (Å²) in [5, 5.41) is 0. The van der Waals surface area contributed by atoms with Gasteiger partial charge in [-0.1, -0.05) is 53.7 Å². The highest BCUT2D eigenvalue weighted by molar-refractivity contribution is 6.30. The second-order valence-corrected chi connectivity index (χ2v) is 10.6. The highest BCUT2D eigenvalue weighted by Gasteiger charge is 2.36. The van der Waals surface area contributed by atoms with Crippen molar-refractivity contribution in [1.29, 1.82) is 0 Å². The van der Waals surface area contributed by atoms with Crippen LogP contribution in [0.3, 0.4) is 0 Å². The van der Waals surface area contributed by atoms with E-state index in [4.69, 9.17) is 14.2 Å². The molecule has 6 heteroatoms. The van der Waals surface area contributed by atoms with Gasteiger partial charge in [0.2, 0.25) is 5.78 Å². The maximum Gasteiger partial charge on any atom is 0.338 e. The molecule has 1 aliphatic carbocycles. The number of benzene rings is 2. The van der Waals surface area contributed by atoms with E-state index < -0.39 is 5.97 Å². The van der Waals surface area contributed by atoms with Gasteiger partial charge in [-0.25, -0.2) is 4.79 Å². The van der Waals surface area contributed by atoms with E-state index >= 15 is 0 Å². The number of carbonyl (C=O) groups excluding carboxylic acids is 3. The maximum absolute atomic E-state index is 13.8. The predicted octanol–water partition coefficient (Wildman–Crippen LogP) is 6.51. The van der Waals surface area contributed by atoms with Crippen LogP contribution in [0.15, 0.2) is 30.3 Å². The molecule has 0 heterocycles. The van der Waals surface area contributed by atoms with Crippen LogP contribution < -0.4 is 9.47 Å². The van der Waals surface area contributed by atoms with Crippen molar-refractivity contribution in [3.63, 3.8) is 0 Å². The van der Waals surface area contributed by atoms with E-state index in [0.29, 0.717) is 36.7 Å². The van der Waals surface area contributed by atoms with E-state index in [1.807, 2.05) is 0 Å². The standard InChI is InChI=1S/C30H38O6/c1-18(2)10-13-34-24-9-7-8-22-26(24)29(32)27-23(28(22)31)16-21(30(33)36-15-12-20(5)6)17-25(27)35-14-11-19(3)4/h7-9,16-20H,10-15H2,1-6H3. The van der Waals surface area contributed by atoms with Crippen molar-refractivity contribution < 1.29 is 28.6 Å². The molecule has 0 saturated heterocycles. The number of ketones is 2. The lowest BCUT2D eigenvalue weighted by Gasteiger charge is -2.23. The number of hydrogen-bond donors (Lipinski definition) is 0. The van der Waals surface area contributed by atoms with Gasteiger partial charge in [-0.15, -0.1) is 0 Å². The van der Waals surface area contributed by atoms with Crippen molar-refractivity contribution in [3.05, 3.63) is 58.1 Å². The van der Waals surface area contributed by atoms with E-state index in [2.05, 4.69) is 41.5 Å². The fourth-order valence-electron chi connectivity index (χ4n) is 3.89. The van der Waals surface area contributed by atoms with Gasteiger partial charge in [0.15, 0.2) is 5.78 Å². The summed E-state index contributed by atoms with van der Waals surface area (Å²) in [5.74, 6) is 0.644. The van der Waals surface area contributed by atoms with Gasteiger partial charge in [0.25, 0.3) is 0 Å². The van der Waals surface area contributed by atoms with E-state index in [0.717, 1.165) is 19.3 Å². The van der Waals surface area contributed by atoms with Gasteiger partial charge in [-0.05, 0) is 55.2 Å². The van der Waals surface area contributed by atoms with Crippen molar-refractivity contribution in [2.45, 2.75) is 60.8 Å². The smallest absolute Gasteiger partial charge is 0.338 e. The summed E-state index contributed by atoms with van der Waals surface area (Å²) >= 11 is 0. The molecule has 3 rings (SSSR count). The molecule has 2 aromatic rings. The molecule has 0 fully saturated rings. The predicted molar refractivity (Wildman–Crippen MR) is 139 cm³/mol. The topological polar surface area (TPSA) is 78.9 Å². The van der Waals surface area contributed by atoms with Crippen LogP contribution in [-0.2, 0) is 4.74 Å². The second kappa shape index (κ2) is 12.2. The number of rotatable bonds is 12. The highest BCUT2D eigenvalue weighted by Crippen LogP contribution is 2.38. The van der Waals surface area contributed by atoms with E-state index in [1.165, 1.54) is 12.1 Å². The number of esters is 1. The van der Waals surface area contributed by atoms with Crippen LogP contribution in [0.2, 0.25) is 0 Å². The van der Waals surface area contributed by atoms with Crippen molar-refractivity contribution in [3.8, 4) is 11.5 Å². The first-order valence-electron chi connectivity index (χ1n) is 12.9. The van der Waals surface area contributed by atoms with Crippen LogP contribution in [0.5, 0.6) is 11.5 Å². The Morgan fingerprint density at radius 2 is 1.25 bits per heavy atom. The van der Waals surface area contributed by atoms with Crippen LogP contribution >= 0.6 is 0 Å². The average molecular weight is 495 g/mol. The zero-order chi connectivity index (χ0) is 26.4. The maximum atomic E-state index is 13.8. The van der Waals surface area contributed by atoms with Crippen molar-refractivity contribution in [1.82, 2.24) is 0 Å². The monoisotopic (exact) mass is 494 g/mol. The first-order chi connectivity index (χ1) is 17.1. The van der Waals surface area contributed by atoms with Gasteiger partial charge >= 0.3 is 5.97 Å². The molecule has 1 aliphatic rings. The Balaban J connectivity index is 2.02. The third-order valence-electron chi connectivity index (χ3n) is 6.14. The summed E-state index contributed by atoms with van der Waals surface area (Å²) < 4.78 is 17.4. The normalized spacial score (nSPS) is 12.7. The summed E-state index contributed by atoms with van der Waals surface area (Å²) in [6, 6.07) is 8.03. The summed E-state index contributed by atoms with van der Waals surface area (Å²) in [4.78, 5) is 40.2. The Morgan fingerprint density at radius 1 is 0.694 bits per heavy atom. The summed E-state index contributed by atoms with van der Waals surface area (Å²) in [6.07, 6.45) is 2.33. The summed E-state index contributed by atoms with van der Waals surface area (Å²) in [6.45, 7) is 13.5. The zero-order valence-electron chi connectivity index (χ0n) is 22.3. The molecule has 0 saturated carbocycles. The number of carbonyl (C=O) groups is 3. The lowest BCUT2D eigenvalue weighted by Crippen LogP contribution is -2.24. The van der Waals surface area contributed by atoms with Gasteiger partial charge < -0.3 is 14.2 Å². The fourth-order valence-corrected chi connectivity index (χ4v) is 3.89. The van der Waals surface area contributed by atoms with Crippen LogP contribution in [0.25, 0.3) is 0 Å². The Kier molecular flexibility index (Phi) is 9.30. The number of ether oxygens (including phenoxy) is 3. The van der Waals surface area contributed by atoms with Crippen LogP contribution in [0.4, 0.5) is 0 Å². The third kappa shape index (κ3) is 6.54. The third-order valence-corrected chi connectivity index (χ3v) is 6.14. The Hall–Kier alpha value is -3.15. The Morgan fingerprint density at radius 3 is 1.86 bits per heavy atom. The molecule has 0 radical (unpaired) electrons. The number of fused-ring (bicyclic) bond motifs is 2. The number of hydrogen-bond acceptors (Lipinski definition) is 6. The second-order valence-electron chi connectivity index (χ2n) is 10.6. The SMILES string of the molecule is CC(C)CCOC(=O)c1cc(OCCC(C)C)c2c(c1)C(=O)c1cccc(OCCC(C)C)c1C2=O. The van der Waals surface area contributed by atoms with Gasteiger partial charge in [-0.3, -0.25) is 9.59 Å². The van der Waals surface area contributed by atoms with E-state index in [9.17, 15) is 14.4 Å². The molecule has 0 aliphatic heterocycles. The molecule has 0 amide bonds. The summed E-state index contributed by atoms with van der Waals surface area (Å²) in [5.41, 5.74) is 1.05. The average Bonchev–Trinajstić information content (AvgIpc) is 2.81. The molecule has 0 N–H and O–H groups in total. The van der Waals surface area contributed by atoms with Crippen LogP contribution in [-0.4, -0.2) is 37.4 Å². The molecule has 0 aromatic heterocycles. The Labute approximate surface area is 214 Å². The van der Waals surface area contributed by atoms with Crippen molar-refractivity contribution in [2.75, 3.05) is 19.8 Å². The van der Waals surface area contributed by atoms with Gasteiger partial charge in [-0.2, -0.15) is 0 Å². The highest BCUT2D eigenvalue weighted by atomic mass is 16.5. The fraction of sp³-hybridized carbons (Fsp3) is 0.500. The quantitative estimate of drug-likeness (QED) is 0.267. The molecule has 0 bridgehead atoms. The molecule has 36 heavy (non-hydrogen) atoms. The molecule has 6 nitrogen and oxygen atoms in total. The molecule has 0 unspecified atom stereocenters. The minimum absolute atomic E-state index is 0.157. The lowest BCUT2D eigenvalue weighted by atomic mass is 9.82. The first kappa shape index (κ1) is 27.4. The largest absolute Gasteiger partial charge is 0.493 e. The van der Waals surface area contributed by atoms with Gasteiger partial charge in [0.05, 0.1) is 36.5 Å². The Bertz CT molecular complexity index is 1110. The van der Waals surface area contributed by atoms with Gasteiger partial charge in [0.1, 0.15) is 11.5 Å².